The van der Waals surface area contributed by atoms with E-state index in [2.05, 4.69) is 29.9 Å². The normalized spacial score (nSPS) is 14.6. The molecule has 0 fully saturated rings. The van der Waals surface area contributed by atoms with Gasteiger partial charge in [0.05, 0.1) is 12.2 Å². The minimum Gasteiger partial charge on any atom is -0.312 e. The lowest BCUT2D eigenvalue weighted by Gasteiger charge is -2.16. The molecule has 106 valence electrons. The first-order chi connectivity index (χ1) is 9.66. The summed E-state index contributed by atoms with van der Waals surface area (Å²) < 4.78 is 2.15. The molecule has 2 aromatic rings. The molecule has 3 rings (SSSR count). The van der Waals surface area contributed by atoms with E-state index >= 15 is 0 Å². The fourth-order valence-electron chi connectivity index (χ4n) is 2.83. The van der Waals surface area contributed by atoms with Crippen LogP contribution in [-0.2, 0) is 19.5 Å². The van der Waals surface area contributed by atoms with Crippen molar-refractivity contribution in [3.63, 3.8) is 0 Å². The topological polar surface area (TPSA) is 29.9 Å². The number of benzene rings is 1. The molecule has 0 radical (unpaired) electrons. The first kappa shape index (κ1) is 13.7. The van der Waals surface area contributed by atoms with Crippen molar-refractivity contribution in [2.75, 3.05) is 6.54 Å². The minimum absolute atomic E-state index is 0.455. The Morgan fingerprint density at radius 1 is 1.35 bits per heavy atom. The van der Waals surface area contributed by atoms with E-state index in [1.165, 1.54) is 17.0 Å². The molecular weight excluding hydrogens is 270 g/mol. The lowest BCUT2D eigenvalue weighted by molar-refractivity contribution is 0.582. The van der Waals surface area contributed by atoms with Crippen LogP contribution in [0.25, 0.3) is 0 Å². The van der Waals surface area contributed by atoms with Crippen LogP contribution in [0, 0.1) is 0 Å². The van der Waals surface area contributed by atoms with Gasteiger partial charge in [0.15, 0.2) is 0 Å². The standard InChI is InChI=1S/C16H20ClN3/c1-11(2)16-13-9-18-8-7-15(13)20(19-16)10-12-5-3-4-6-14(12)17/h3-6,11,18H,7-10H2,1-2H3. The molecule has 0 saturated carbocycles. The second kappa shape index (κ2) is 5.58. The Kier molecular flexibility index (Phi) is 3.81. The number of nitrogens with zero attached hydrogens (tertiary/aromatic N) is 2. The number of rotatable bonds is 3. The maximum Gasteiger partial charge on any atom is 0.0697 e. The molecular formula is C16H20ClN3. The molecule has 4 heteroatoms. The fourth-order valence-corrected chi connectivity index (χ4v) is 3.03. The van der Waals surface area contributed by atoms with Crippen molar-refractivity contribution in [2.45, 2.75) is 39.3 Å². The molecule has 1 aliphatic rings. The fraction of sp³-hybridized carbons (Fsp3) is 0.438. The molecule has 2 heterocycles. The Labute approximate surface area is 124 Å². The van der Waals surface area contributed by atoms with E-state index in [1.54, 1.807) is 0 Å². The van der Waals surface area contributed by atoms with Gasteiger partial charge in [-0.05, 0) is 17.5 Å². The first-order valence-corrected chi connectivity index (χ1v) is 7.57. The molecule has 0 atom stereocenters. The van der Waals surface area contributed by atoms with Gasteiger partial charge in [-0.3, -0.25) is 4.68 Å². The van der Waals surface area contributed by atoms with Crippen LogP contribution in [0.3, 0.4) is 0 Å². The van der Waals surface area contributed by atoms with E-state index in [1.807, 2.05) is 18.2 Å². The smallest absolute Gasteiger partial charge is 0.0697 e. The van der Waals surface area contributed by atoms with Gasteiger partial charge < -0.3 is 5.32 Å². The zero-order chi connectivity index (χ0) is 14.1. The Bertz CT molecular complexity index is 616. The summed E-state index contributed by atoms with van der Waals surface area (Å²) in [6.07, 6.45) is 1.04. The van der Waals surface area contributed by atoms with Crippen LogP contribution in [0.5, 0.6) is 0 Å². The van der Waals surface area contributed by atoms with Crippen LogP contribution >= 0.6 is 11.6 Å². The maximum atomic E-state index is 6.27. The van der Waals surface area contributed by atoms with Crippen molar-refractivity contribution in [3.05, 3.63) is 51.8 Å². The van der Waals surface area contributed by atoms with Crippen LogP contribution in [0.2, 0.25) is 5.02 Å². The summed E-state index contributed by atoms with van der Waals surface area (Å²) in [5.74, 6) is 0.455. The van der Waals surface area contributed by atoms with Crippen molar-refractivity contribution in [2.24, 2.45) is 0 Å². The third-order valence-corrected chi connectivity index (χ3v) is 4.23. The van der Waals surface area contributed by atoms with Gasteiger partial charge >= 0.3 is 0 Å². The Balaban J connectivity index is 2.00. The molecule has 3 nitrogen and oxygen atoms in total. The number of nitrogens with one attached hydrogen (secondary N) is 1. The van der Waals surface area contributed by atoms with Crippen molar-refractivity contribution in [1.29, 1.82) is 0 Å². The van der Waals surface area contributed by atoms with E-state index in [4.69, 9.17) is 16.7 Å². The van der Waals surface area contributed by atoms with Gasteiger partial charge in [0, 0.05) is 35.8 Å². The molecule has 0 saturated heterocycles. The predicted octanol–water partition coefficient (Wildman–Crippen LogP) is 3.35. The molecule has 1 aromatic heterocycles. The van der Waals surface area contributed by atoms with Crippen LogP contribution < -0.4 is 5.32 Å². The molecule has 1 N–H and O–H groups in total. The van der Waals surface area contributed by atoms with Crippen LogP contribution in [-0.4, -0.2) is 16.3 Å². The highest BCUT2D eigenvalue weighted by Crippen LogP contribution is 2.26. The zero-order valence-corrected chi connectivity index (χ0v) is 12.7. The average molecular weight is 290 g/mol. The summed E-state index contributed by atoms with van der Waals surface area (Å²) in [7, 11) is 0. The number of aromatic nitrogens is 2. The zero-order valence-electron chi connectivity index (χ0n) is 12.0. The molecule has 0 bridgehead atoms. The van der Waals surface area contributed by atoms with Gasteiger partial charge in [-0.2, -0.15) is 5.10 Å². The van der Waals surface area contributed by atoms with Crippen LogP contribution in [0.1, 0.15) is 42.3 Å². The lowest BCUT2D eigenvalue weighted by atomic mass is 10.0. The molecule has 1 aromatic carbocycles. The van der Waals surface area contributed by atoms with E-state index < -0.39 is 0 Å². The average Bonchev–Trinajstić information content (AvgIpc) is 2.81. The monoisotopic (exact) mass is 289 g/mol. The van der Waals surface area contributed by atoms with Gasteiger partial charge in [0.1, 0.15) is 0 Å². The summed E-state index contributed by atoms with van der Waals surface area (Å²) in [5, 5.41) is 9.11. The van der Waals surface area contributed by atoms with Crippen molar-refractivity contribution in [3.8, 4) is 0 Å². The van der Waals surface area contributed by atoms with E-state index in [9.17, 15) is 0 Å². The first-order valence-electron chi connectivity index (χ1n) is 7.19. The van der Waals surface area contributed by atoms with Gasteiger partial charge in [-0.15, -0.1) is 0 Å². The third-order valence-electron chi connectivity index (χ3n) is 3.86. The lowest BCUT2D eigenvalue weighted by Crippen LogP contribution is -2.25. The highest BCUT2D eigenvalue weighted by atomic mass is 35.5. The summed E-state index contributed by atoms with van der Waals surface area (Å²) in [5.41, 5.74) is 5.11. The van der Waals surface area contributed by atoms with E-state index in [-0.39, 0.29) is 0 Å². The van der Waals surface area contributed by atoms with Gasteiger partial charge in [-0.25, -0.2) is 0 Å². The van der Waals surface area contributed by atoms with Gasteiger partial charge in [0.25, 0.3) is 0 Å². The van der Waals surface area contributed by atoms with E-state index in [0.717, 1.165) is 36.6 Å². The largest absolute Gasteiger partial charge is 0.312 e. The number of hydrogen-bond acceptors (Lipinski definition) is 2. The van der Waals surface area contributed by atoms with E-state index in [0.29, 0.717) is 5.92 Å². The van der Waals surface area contributed by atoms with Crippen molar-refractivity contribution >= 4 is 11.6 Å². The molecule has 0 unspecified atom stereocenters. The van der Waals surface area contributed by atoms with Gasteiger partial charge in [-0.1, -0.05) is 43.6 Å². The molecule has 0 aliphatic carbocycles. The summed E-state index contributed by atoms with van der Waals surface area (Å²) in [4.78, 5) is 0. The highest BCUT2D eigenvalue weighted by Gasteiger charge is 2.22. The molecule has 0 spiro atoms. The summed E-state index contributed by atoms with van der Waals surface area (Å²) >= 11 is 6.27. The Hall–Kier alpha value is -1.32. The third kappa shape index (κ3) is 2.48. The molecule has 1 aliphatic heterocycles. The second-order valence-electron chi connectivity index (χ2n) is 5.64. The van der Waals surface area contributed by atoms with Crippen molar-refractivity contribution < 1.29 is 0 Å². The van der Waals surface area contributed by atoms with Crippen LogP contribution in [0.15, 0.2) is 24.3 Å². The number of fused-ring (bicyclic) bond motifs is 1. The second-order valence-corrected chi connectivity index (χ2v) is 6.05. The summed E-state index contributed by atoms with van der Waals surface area (Å²) in [6, 6.07) is 8.01. The van der Waals surface area contributed by atoms with Crippen molar-refractivity contribution in [1.82, 2.24) is 15.1 Å². The molecule has 0 amide bonds. The Morgan fingerprint density at radius 2 is 2.15 bits per heavy atom. The van der Waals surface area contributed by atoms with Gasteiger partial charge in [0.2, 0.25) is 0 Å². The number of halogens is 1. The SMILES string of the molecule is CC(C)c1nn(Cc2ccccc2Cl)c2c1CNCC2. The quantitative estimate of drug-likeness (QED) is 0.939. The molecule has 20 heavy (non-hydrogen) atoms. The predicted molar refractivity (Wildman–Crippen MR) is 82.3 cm³/mol. The minimum atomic E-state index is 0.455. The highest BCUT2D eigenvalue weighted by molar-refractivity contribution is 6.31. The van der Waals surface area contributed by atoms with Crippen LogP contribution in [0.4, 0.5) is 0 Å². The Morgan fingerprint density at radius 3 is 2.90 bits per heavy atom. The summed E-state index contributed by atoms with van der Waals surface area (Å²) in [6.45, 7) is 7.13. The number of hydrogen-bond donors (Lipinski definition) is 1. The maximum absolute atomic E-state index is 6.27.